The molecule has 0 aromatic heterocycles. The van der Waals surface area contributed by atoms with Crippen molar-refractivity contribution in [2.75, 3.05) is 0 Å². The number of halogens is 1. The molecule has 0 spiro atoms. The molecule has 0 aliphatic rings. The Balaban J connectivity index is 1.80. The first-order valence-corrected chi connectivity index (χ1v) is 8.65. The zero-order valence-electron chi connectivity index (χ0n) is 14.4. The highest BCUT2D eigenvalue weighted by Gasteiger charge is 2.01. The van der Waals surface area contributed by atoms with Crippen molar-refractivity contribution >= 4 is 22.9 Å². The number of hydrogen-bond donors (Lipinski definition) is 0. The Kier molecular flexibility index (Phi) is 5.69. The lowest BCUT2D eigenvalue weighted by Gasteiger charge is -2.06. The van der Waals surface area contributed by atoms with E-state index in [2.05, 4.69) is 55.2 Å². The van der Waals surface area contributed by atoms with E-state index < -0.39 is 5.24 Å². The predicted octanol–water partition coefficient (Wildman–Crippen LogP) is 6.11. The molecule has 0 amide bonds. The number of aryl methyl sites for hydroxylation is 1. The molecule has 26 heavy (non-hydrogen) atoms. The molecule has 1 nitrogen and oxygen atoms in total. The summed E-state index contributed by atoms with van der Waals surface area (Å²) in [5, 5.41) is -0.461. The maximum atomic E-state index is 11.1. The summed E-state index contributed by atoms with van der Waals surface area (Å²) in [7, 11) is 0. The van der Waals surface area contributed by atoms with Gasteiger partial charge in [0, 0.05) is 11.1 Å². The van der Waals surface area contributed by atoms with E-state index in [0.29, 0.717) is 5.56 Å². The van der Waals surface area contributed by atoms with Gasteiger partial charge >= 0.3 is 0 Å². The summed E-state index contributed by atoms with van der Waals surface area (Å²) in [6.07, 6.45) is 3.85. The highest BCUT2D eigenvalue weighted by Crippen LogP contribution is 2.24. The summed E-state index contributed by atoms with van der Waals surface area (Å²) in [5.74, 6) is 6.09. The minimum Gasteiger partial charge on any atom is -0.276 e. The van der Waals surface area contributed by atoms with Gasteiger partial charge in [0.05, 0.1) is 0 Å². The van der Waals surface area contributed by atoms with Crippen LogP contribution in [0.25, 0.3) is 17.2 Å². The molecule has 0 fully saturated rings. The quantitative estimate of drug-likeness (QED) is 0.409. The van der Waals surface area contributed by atoms with E-state index in [1.165, 1.54) is 16.7 Å². The third kappa shape index (κ3) is 4.51. The van der Waals surface area contributed by atoms with E-state index in [9.17, 15) is 4.79 Å². The van der Waals surface area contributed by atoms with Crippen LogP contribution in [0.3, 0.4) is 0 Å². The van der Waals surface area contributed by atoms with Crippen LogP contribution in [0.5, 0.6) is 0 Å². The molecular weight excluding hydrogens is 340 g/mol. The first kappa shape index (κ1) is 17.7. The molecule has 3 aromatic rings. The summed E-state index contributed by atoms with van der Waals surface area (Å²) < 4.78 is 0. The molecule has 0 saturated heterocycles. The topological polar surface area (TPSA) is 17.1 Å². The summed E-state index contributed by atoms with van der Waals surface area (Å²) in [6.45, 7) is 2.08. The van der Waals surface area contributed by atoms with Crippen molar-refractivity contribution in [3.8, 4) is 23.0 Å². The Hall–Kier alpha value is -3.08. The van der Waals surface area contributed by atoms with Crippen LogP contribution in [0.4, 0.5) is 0 Å². The average molecular weight is 357 g/mol. The Morgan fingerprint density at radius 3 is 2.31 bits per heavy atom. The normalized spacial score (nSPS) is 10.4. The molecule has 0 radical (unpaired) electrons. The SMILES string of the molecule is Cc1ccc(-c2ccccc2/C=C/C#Cc2ccc(C(=O)Cl)cc2)cc1. The molecule has 0 bridgehead atoms. The molecule has 0 N–H and O–H groups in total. The van der Waals surface area contributed by atoms with Crippen LogP contribution in [-0.4, -0.2) is 5.24 Å². The van der Waals surface area contributed by atoms with E-state index in [-0.39, 0.29) is 0 Å². The van der Waals surface area contributed by atoms with Gasteiger partial charge in [-0.25, -0.2) is 0 Å². The fourth-order valence-corrected chi connectivity index (χ4v) is 2.71. The lowest BCUT2D eigenvalue weighted by atomic mass is 9.98. The summed E-state index contributed by atoms with van der Waals surface area (Å²) in [6, 6.07) is 23.7. The molecule has 0 saturated carbocycles. The maximum absolute atomic E-state index is 11.1. The smallest absolute Gasteiger partial charge is 0.252 e. The highest BCUT2D eigenvalue weighted by molar-refractivity contribution is 6.67. The second-order valence-corrected chi connectivity index (χ2v) is 6.25. The molecule has 3 rings (SSSR count). The molecule has 3 aromatic carbocycles. The van der Waals surface area contributed by atoms with E-state index >= 15 is 0 Å². The molecular formula is C24H17ClO. The Bertz CT molecular complexity index is 1000. The molecule has 0 aliphatic carbocycles. The molecule has 0 heterocycles. The van der Waals surface area contributed by atoms with Gasteiger partial charge in [-0.1, -0.05) is 65.9 Å². The predicted molar refractivity (Wildman–Crippen MR) is 109 cm³/mol. The van der Waals surface area contributed by atoms with Gasteiger partial charge in [0.1, 0.15) is 0 Å². The van der Waals surface area contributed by atoms with Crippen LogP contribution in [0, 0.1) is 18.8 Å². The third-order valence-electron chi connectivity index (χ3n) is 4.00. The third-order valence-corrected chi connectivity index (χ3v) is 4.22. The van der Waals surface area contributed by atoms with Gasteiger partial charge < -0.3 is 0 Å². The van der Waals surface area contributed by atoms with Crippen molar-refractivity contribution in [3.63, 3.8) is 0 Å². The van der Waals surface area contributed by atoms with Gasteiger partial charge in [0.15, 0.2) is 0 Å². The molecule has 0 atom stereocenters. The minimum atomic E-state index is -0.461. The fourth-order valence-electron chi connectivity index (χ4n) is 2.58. The van der Waals surface area contributed by atoms with Gasteiger partial charge in [-0.3, -0.25) is 4.79 Å². The van der Waals surface area contributed by atoms with Crippen molar-refractivity contribution in [1.82, 2.24) is 0 Å². The molecule has 0 unspecified atom stereocenters. The number of benzene rings is 3. The zero-order valence-corrected chi connectivity index (χ0v) is 15.1. The van der Waals surface area contributed by atoms with E-state index in [4.69, 9.17) is 11.6 Å². The molecule has 126 valence electrons. The lowest BCUT2D eigenvalue weighted by Crippen LogP contribution is -1.87. The highest BCUT2D eigenvalue weighted by atomic mass is 35.5. The minimum absolute atomic E-state index is 0.461. The Morgan fingerprint density at radius 1 is 0.923 bits per heavy atom. The monoisotopic (exact) mass is 356 g/mol. The number of carbonyl (C=O) groups excluding carboxylic acids is 1. The number of carbonyl (C=O) groups is 1. The van der Waals surface area contributed by atoms with Crippen LogP contribution in [0.2, 0.25) is 0 Å². The van der Waals surface area contributed by atoms with Crippen molar-refractivity contribution in [3.05, 3.63) is 101 Å². The fraction of sp³-hybridized carbons (Fsp3) is 0.0417. The first-order chi connectivity index (χ1) is 12.6. The first-order valence-electron chi connectivity index (χ1n) is 8.27. The van der Waals surface area contributed by atoms with E-state index in [1.54, 1.807) is 24.3 Å². The molecule has 2 heteroatoms. The van der Waals surface area contributed by atoms with Crippen molar-refractivity contribution in [2.24, 2.45) is 0 Å². The van der Waals surface area contributed by atoms with Crippen LogP contribution in [0.1, 0.15) is 27.0 Å². The largest absolute Gasteiger partial charge is 0.276 e. The van der Waals surface area contributed by atoms with Crippen LogP contribution in [-0.2, 0) is 0 Å². The summed E-state index contributed by atoms with van der Waals surface area (Å²) >= 11 is 5.44. The second kappa shape index (κ2) is 8.34. The van der Waals surface area contributed by atoms with Crippen molar-refractivity contribution < 1.29 is 4.79 Å². The van der Waals surface area contributed by atoms with Gasteiger partial charge in [-0.2, -0.15) is 0 Å². The number of rotatable bonds is 3. The maximum Gasteiger partial charge on any atom is 0.252 e. The number of allylic oxidation sites excluding steroid dienone is 1. The lowest BCUT2D eigenvalue weighted by molar-refractivity contribution is 0.108. The molecule has 0 aliphatic heterocycles. The summed E-state index contributed by atoms with van der Waals surface area (Å²) in [5.41, 5.74) is 6.03. The second-order valence-electron chi connectivity index (χ2n) is 5.91. The van der Waals surface area contributed by atoms with Gasteiger partial charge in [0.2, 0.25) is 0 Å². The average Bonchev–Trinajstić information content (AvgIpc) is 2.67. The van der Waals surface area contributed by atoms with E-state index in [1.807, 2.05) is 24.3 Å². The van der Waals surface area contributed by atoms with Crippen LogP contribution < -0.4 is 0 Å². The van der Waals surface area contributed by atoms with Crippen LogP contribution in [0.15, 0.2) is 78.9 Å². The summed E-state index contributed by atoms with van der Waals surface area (Å²) in [4.78, 5) is 11.1. The number of hydrogen-bond acceptors (Lipinski definition) is 1. The van der Waals surface area contributed by atoms with Crippen molar-refractivity contribution in [2.45, 2.75) is 6.92 Å². The van der Waals surface area contributed by atoms with Gasteiger partial charge in [-0.15, -0.1) is 0 Å². The van der Waals surface area contributed by atoms with Crippen LogP contribution >= 0.6 is 11.6 Å². The Labute approximate surface area is 159 Å². The van der Waals surface area contributed by atoms with Gasteiger partial charge in [-0.05, 0) is 71.6 Å². The van der Waals surface area contributed by atoms with E-state index in [0.717, 1.165) is 11.1 Å². The van der Waals surface area contributed by atoms with Gasteiger partial charge in [0.25, 0.3) is 5.24 Å². The Morgan fingerprint density at radius 2 is 1.62 bits per heavy atom. The standard InChI is InChI=1S/C24H17ClO/c1-18-10-14-21(15-11-18)23-9-5-4-8-20(23)7-3-2-6-19-12-16-22(17-13-19)24(25)26/h3-5,7-17H,1H3/b7-3+. The van der Waals surface area contributed by atoms with Crippen molar-refractivity contribution in [1.29, 1.82) is 0 Å². The zero-order chi connectivity index (χ0) is 18.4.